The largest absolute Gasteiger partial charge is 0.454 e. The lowest BCUT2D eigenvalue weighted by atomic mass is 10.0. The Bertz CT molecular complexity index is 382. The van der Waals surface area contributed by atoms with Crippen LogP contribution < -0.4 is 9.47 Å². The van der Waals surface area contributed by atoms with E-state index in [9.17, 15) is 4.79 Å². The number of para-hydroxylation sites is 1. The molecule has 1 aromatic carbocycles. The second kappa shape index (κ2) is 3.93. The third kappa shape index (κ3) is 1.96. The number of benzene rings is 1. The molecule has 3 heteroatoms. The van der Waals surface area contributed by atoms with Crippen molar-refractivity contribution in [1.29, 1.82) is 0 Å². The van der Waals surface area contributed by atoms with Crippen molar-refractivity contribution >= 4 is 5.78 Å². The lowest BCUT2D eigenvalue weighted by molar-refractivity contribution is 0.0963. The maximum Gasteiger partial charge on any atom is 0.231 e. The van der Waals surface area contributed by atoms with Gasteiger partial charge in [0.25, 0.3) is 0 Å². The predicted molar refractivity (Wildman–Crippen MR) is 56.4 cm³/mol. The molecule has 0 bridgehead atoms. The SMILES string of the molecule is CC(C)CC(=O)c1cccc2c1OCO2. The normalized spacial score (nSPS) is 13.3. The molecule has 0 radical (unpaired) electrons. The van der Waals surface area contributed by atoms with Crippen LogP contribution in [0.3, 0.4) is 0 Å². The molecule has 80 valence electrons. The Balaban J connectivity index is 2.29. The molecule has 3 nitrogen and oxygen atoms in total. The third-order valence-corrected chi connectivity index (χ3v) is 2.29. The molecule has 1 aromatic rings. The maximum absolute atomic E-state index is 11.9. The fourth-order valence-corrected chi connectivity index (χ4v) is 1.63. The average molecular weight is 206 g/mol. The number of carbonyl (C=O) groups excluding carboxylic acids is 1. The van der Waals surface area contributed by atoms with Crippen molar-refractivity contribution in [2.24, 2.45) is 5.92 Å². The minimum Gasteiger partial charge on any atom is -0.454 e. The van der Waals surface area contributed by atoms with Crippen LogP contribution in [0.1, 0.15) is 30.6 Å². The highest BCUT2D eigenvalue weighted by Crippen LogP contribution is 2.36. The van der Waals surface area contributed by atoms with Gasteiger partial charge in [0.15, 0.2) is 17.3 Å². The van der Waals surface area contributed by atoms with Gasteiger partial charge in [-0.2, -0.15) is 0 Å². The summed E-state index contributed by atoms with van der Waals surface area (Å²) in [7, 11) is 0. The third-order valence-electron chi connectivity index (χ3n) is 2.29. The summed E-state index contributed by atoms with van der Waals surface area (Å²) in [4.78, 5) is 11.9. The summed E-state index contributed by atoms with van der Waals surface area (Å²) in [6.45, 7) is 4.26. The molecule has 0 fully saturated rings. The van der Waals surface area contributed by atoms with Crippen LogP contribution in [-0.4, -0.2) is 12.6 Å². The lowest BCUT2D eigenvalue weighted by Crippen LogP contribution is -2.04. The quantitative estimate of drug-likeness (QED) is 0.713. The van der Waals surface area contributed by atoms with E-state index in [2.05, 4.69) is 0 Å². The minimum absolute atomic E-state index is 0.118. The van der Waals surface area contributed by atoms with Crippen molar-refractivity contribution in [2.75, 3.05) is 6.79 Å². The molecule has 0 spiro atoms. The molecule has 0 aromatic heterocycles. The Hall–Kier alpha value is -1.51. The second-order valence-corrected chi connectivity index (χ2v) is 4.06. The van der Waals surface area contributed by atoms with Gasteiger partial charge < -0.3 is 9.47 Å². The average Bonchev–Trinajstić information content (AvgIpc) is 2.63. The van der Waals surface area contributed by atoms with Gasteiger partial charge in [0.05, 0.1) is 5.56 Å². The number of fused-ring (bicyclic) bond motifs is 1. The molecule has 0 saturated heterocycles. The van der Waals surface area contributed by atoms with Crippen LogP contribution in [0.25, 0.3) is 0 Å². The number of rotatable bonds is 3. The van der Waals surface area contributed by atoms with Crippen molar-refractivity contribution < 1.29 is 14.3 Å². The van der Waals surface area contributed by atoms with Gasteiger partial charge in [-0.1, -0.05) is 19.9 Å². The number of ether oxygens (including phenoxy) is 2. The summed E-state index contributed by atoms with van der Waals surface area (Å²) in [6.07, 6.45) is 0.541. The van der Waals surface area contributed by atoms with Crippen molar-refractivity contribution in [2.45, 2.75) is 20.3 Å². The zero-order valence-electron chi connectivity index (χ0n) is 8.95. The van der Waals surface area contributed by atoms with Crippen molar-refractivity contribution in [3.8, 4) is 11.5 Å². The maximum atomic E-state index is 11.9. The lowest BCUT2D eigenvalue weighted by Gasteiger charge is -2.06. The van der Waals surface area contributed by atoms with Gasteiger partial charge in [0.1, 0.15) is 0 Å². The van der Waals surface area contributed by atoms with Crippen molar-refractivity contribution in [3.05, 3.63) is 23.8 Å². The van der Waals surface area contributed by atoms with Gasteiger partial charge in [-0.3, -0.25) is 4.79 Å². The van der Waals surface area contributed by atoms with E-state index in [4.69, 9.17) is 9.47 Å². The van der Waals surface area contributed by atoms with Crippen LogP contribution in [0.5, 0.6) is 11.5 Å². The van der Waals surface area contributed by atoms with Crippen LogP contribution in [0.2, 0.25) is 0 Å². The summed E-state index contributed by atoms with van der Waals surface area (Å²) in [5, 5.41) is 0. The van der Waals surface area contributed by atoms with Gasteiger partial charge in [0.2, 0.25) is 6.79 Å². The first-order valence-corrected chi connectivity index (χ1v) is 5.10. The first-order chi connectivity index (χ1) is 7.18. The predicted octanol–water partition coefficient (Wildman–Crippen LogP) is 2.64. The molecule has 15 heavy (non-hydrogen) atoms. The van der Waals surface area contributed by atoms with Crippen LogP contribution in [0.4, 0.5) is 0 Å². The van der Waals surface area contributed by atoms with E-state index >= 15 is 0 Å². The number of hydrogen-bond acceptors (Lipinski definition) is 3. The monoisotopic (exact) mass is 206 g/mol. The number of hydrogen-bond donors (Lipinski definition) is 0. The van der Waals surface area contributed by atoms with E-state index in [1.165, 1.54) is 0 Å². The van der Waals surface area contributed by atoms with E-state index in [1.54, 1.807) is 6.07 Å². The first-order valence-electron chi connectivity index (χ1n) is 5.10. The summed E-state index contributed by atoms with van der Waals surface area (Å²) in [6, 6.07) is 5.42. The fraction of sp³-hybridized carbons (Fsp3) is 0.417. The van der Waals surface area contributed by atoms with E-state index < -0.39 is 0 Å². The Morgan fingerprint density at radius 1 is 1.40 bits per heavy atom. The van der Waals surface area contributed by atoms with Gasteiger partial charge in [-0.05, 0) is 18.1 Å². The van der Waals surface area contributed by atoms with Crippen LogP contribution >= 0.6 is 0 Å². The summed E-state index contributed by atoms with van der Waals surface area (Å²) < 4.78 is 10.5. The second-order valence-electron chi connectivity index (χ2n) is 4.06. The summed E-state index contributed by atoms with van der Waals surface area (Å²) in [5.74, 6) is 1.75. The van der Waals surface area contributed by atoms with Gasteiger partial charge >= 0.3 is 0 Å². The highest BCUT2D eigenvalue weighted by Gasteiger charge is 2.21. The standard InChI is InChI=1S/C12H14O3/c1-8(2)6-10(13)9-4-3-5-11-12(9)15-7-14-11/h3-5,8H,6-7H2,1-2H3. The topological polar surface area (TPSA) is 35.5 Å². The molecule has 0 aliphatic carbocycles. The molecule has 0 atom stereocenters. The summed E-state index contributed by atoms with van der Waals surface area (Å²) >= 11 is 0. The highest BCUT2D eigenvalue weighted by molar-refractivity contribution is 5.99. The van der Waals surface area contributed by atoms with Crippen LogP contribution in [0, 0.1) is 5.92 Å². The van der Waals surface area contributed by atoms with Gasteiger partial charge in [-0.15, -0.1) is 0 Å². The molecule has 0 saturated carbocycles. The Kier molecular flexibility index (Phi) is 2.62. The minimum atomic E-state index is 0.118. The molecular formula is C12H14O3. The molecule has 0 N–H and O–H groups in total. The van der Waals surface area contributed by atoms with E-state index in [-0.39, 0.29) is 12.6 Å². The van der Waals surface area contributed by atoms with Gasteiger partial charge in [-0.25, -0.2) is 0 Å². The van der Waals surface area contributed by atoms with Gasteiger partial charge in [0, 0.05) is 6.42 Å². The van der Waals surface area contributed by atoms with Crippen molar-refractivity contribution in [1.82, 2.24) is 0 Å². The zero-order valence-corrected chi connectivity index (χ0v) is 8.95. The van der Waals surface area contributed by atoms with E-state index in [0.717, 1.165) is 0 Å². The Morgan fingerprint density at radius 3 is 2.93 bits per heavy atom. The number of ketones is 1. The summed E-state index contributed by atoms with van der Waals surface area (Å²) in [5.41, 5.74) is 0.638. The Labute approximate surface area is 89.0 Å². The molecule has 0 amide bonds. The fourth-order valence-electron chi connectivity index (χ4n) is 1.63. The number of Topliss-reactive ketones (excluding diaryl/α,β-unsaturated/α-hetero) is 1. The smallest absolute Gasteiger partial charge is 0.231 e. The van der Waals surface area contributed by atoms with Crippen LogP contribution in [0.15, 0.2) is 18.2 Å². The molecular weight excluding hydrogens is 192 g/mol. The first kappa shape index (κ1) is 10.0. The molecule has 0 unspecified atom stereocenters. The zero-order chi connectivity index (χ0) is 10.8. The van der Waals surface area contributed by atoms with Crippen molar-refractivity contribution in [3.63, 3.8) is 0 Å². The number of carbonyl (C=O) groups is 1. The molecule has 1 aliphatic heterocycles. The van der Waals surface area contributed by atoms with Crippen LogP contribution in [-0.2, 0) is 0 Å². The molecule has 1 heterocycles. The highest BCUT2D eigenvalue weighted by atomic mass is 16.7. The Morgan fingerprint density at radius 2 is 2.20 bits per heavy atom. The van der Waals surface area contributed by atoms with E-state index in [0.29, 0.717) is 29.4 Å². The molecule has 2 rings (SSSR count). The molecule has 1 aliphatic rings. The van der Waals surface area contributed by atoms with E-state index in [1.807, 2.05) is 26.0 Å².